The highest BCUT2D eigenvalue weighted by molar-refractivity contribution is 6.33. The van der Waals surface area contributed by atoms with Gasteiger partial charge >= 0.3 is 0 Å². The second-order valence-corrected chi connectivity index (χ2v) is 10.0. The topological polar surface area (TPSA) is 80.8 Å². The second kappa shape index (κ2) is 9.43. The van der Waals surface area contributed by atoms with Crippen LogP contribution in [0.1, 0.15) is 42.6 Å². The number of pyridine rings is 1. The summed E-state index contributed by atoms with van der Waals surface area (Å²) in [7, 11) is 0. The Kier molecular flexibility index (Phi) is 6.36. The molecule has 0 spiro atoms. The minimum absolute atomic E-state index is 0.0654. The number of aromatic nitrogens is 1. The molecule has 0 aliphatic carbocycles. The van der Waals surface area contributed by atoms with E-state index in [0.29, 0.717) is 10.6 Å². The van der Waals surface area contributed by atoms with E-state index in [9.17, 15) is 9.59 Å². The fraction of sp³-hybridized carbons (Fsp3) is 0.480. The van der Waals surface area contributed by atoms with E-state index in [2.05, 4.69) is 31.4 Å². The quantitative estimate of drug-likeness (QED) is 0.681. The molecule has 0 bridgehead atoms. The zero-order valence-corrected chi connectivity index (χ0v) is 20.4. The summed E-state index contributed by atoms with van der Waals surface area (Å²) in [6, 6.07) is 7.61. The summed E-state index contributed by atoms with van der Waals surface area (Å²) < 4.78 is 0. The van der Waals surface area contributed by atoms with Crippen molar-refractivity contribution in [2.45, 2.75) is 45.3 Å². The SMILES string of the molecule is CC(C)NC(=O)c1ccc(N2CCN(Cc3cnc4c(c3)NC(=O)[C@@H]3CCCN43)CC2)c(Cl)c1. The van der Waals surface area contributed by atoms with Crippen LogP contribution in [0.3, 0.4) is 0 Å². The molecule has 3 aliphatic heterocycles. The molecule has 4 heterocycles. The van der Waals surface area contributed by atoms with Gasteiger partial charge in [0.2, 0.25) is 5.91 Å². The van der Waals surface area contributed by atoms with Crippen LogP contribution >= 0.6 is 11.6 Å². The molecule has 0 radical (unpaired) electrons. The van der Waals surface area contributed by atoms with Gasteiger partial charge in [0, 0.05) is 57.1 Å². The molecule has 1 aromatic carbocycles. The summed E-state index contributed by atoms with van der Waals surface area (Å²) in [5.41, 5.74) is 3.46. The highest BCUT2D eigenvalue weighted by Gasteiger charge is 2.37. The number of amides is 2. The van der Waals surface area contributed by atoms with Crippen molar-refractivity contribution in [1.82, 2.24) is 15.2 Å². The number of anilines is 3. The van der Waals surface area contributed by atoms with Crippen molar-refractivity contribution < 1.29 is 9.59 Å². The first-order valence-electron chi connectivity index (χ1n) is 12.0. The van der Waals surface area contributed by atoms with Gasteiger partial charge in [-0.2, -0.15) is 0 Å². The van der Waals surface area contributed by atoms with Gasteiger partial charge in [-0.25, -0.2) is 4.98 Å². The molecule has 1 atom stereocenters. The van der Waals surface area contributed by atoms with Crippen molar-refractivity contribution in [2.24, 2.45) is 0 Å². The van der Waals surface area contributed by atoms with E-state index < -0.39 is 0 Å². The Morgan fingerprint density at radius 1 is 1.21 bits per heavy atom. The third-order valence-corrected chi connectivity index (χ3v) is 7.06. The maximum atomic E-state index is 12.4. The van der Waals surface area contributed by atoms with Crippen LogP contribution in [0, 0.1) is 0 Å². The van der Waals surface area contributed by atoms with Crippen molar-refractivity contribution in [3.8, 4) is 0 Å². The van der Waals surface area contributed by atoms with Crippen molar-refractivity contribution in [1.29, 1.82) is 0 Å². The smallest absolute Gasteiger partial charge is 0.251 e. The van der Waals surface area contributed by atoms with Crippen LogP contribution in [0.25, 0.3) is 0 Å². The number of carbonyl (C=O) groups is 2. The molecule has 5 rings (SSSR count). The molecule has 2 fully saturated rings. The fourth-order valence-corrected chi connectivity index (χ4v) is 5.37. The van der Waals surface area contributed by atoms with Gasteiger partial charge in [0.05, 0.1) is 16.4 Å². The molecule has 2 saturated heterocycles. The van der Waals surface area contributed by atoms with Gasteiger partial charge in [-0.1, -0.05) is 11.6 Å². The van der Waals surface area contributed by atoms with Crippen LogP contribution in [0.5, 0.6) is 0 Å². The third-order valence-electron chi connectivity index (χ3n) is 6.76. The van der Waals surface area contributed by atoms with Crippen molar-refractivity contribution in [3.05, 3.63) is 46.6 Å². The maximum Gasteiger partial charge on any atom is 0.251 e. The maximum absolute atomic E-state index is 12.4. The Balaban J connectivity index is 1.20. The molecule has 180 valence electrons. The van der Waals surface area contributed by atoms with E-state index >= 15 is 0 Å². The molecule has 2 amide bonds. The van der Waals surface area contributed by atoms with E-state index in [1.807, 2.05) is 32.2 Å². The van der Waals surface area contributed by atoms with E-state index in [-0.39, 0.29) is 23.9 Å². The summed E-state index contributed by atoms with van der Waals surface area (Å²) in [5.74, 6) is 0.876. The van der Waals surface area contributed by atoms with E-state index in [1.165, 1.54) is 0 Å². The molecule has 0 saturated carbocycles. The highest BCUT2D eigenvalue weighted by atomic mass is 35.5. The van der Waals surface area contributed by atoms with Crippen LogP contribution in [0.4, 0.5) is 17.2 Å². The number of hydrogen-bond acceptors (Lipinski definition) is 6. The first-order valence-corrected chi connectivity index (χ1v) is 12.4. The van der Waals surface area contributed by atoms with E-state index in [0.717, 1.165) is 74.9 Å². The molecule has 34 heavy (non-hydrogen) atoms. The lowest BCUT2D eigenvalue weighted by Gasteiger charge is -2.37. The van der Waals surface area contributed by atoms with Crippen LogP contribution in [-0.2, 0) is 11.3 Å². The summed E-state index contributed by atoms with van der Waals surface area (Å²) >= 11 is 6.55. The van der Waals surface area contributed by atoms with Crippen LogP contribution < -0.4 is 20.4 Å². The van der Waals surface area contributed by atoms with Gasteiger partial charge in [0.15, 0.2) is 5.82 Å². The number of piperazine rings is 1. The lowest BCUT2D eigenvalue weighted by atomic mass is 10.1. The first-order chi connectivity index (χ1) is 16.4. The minimum Gasteiger partial charge on any atom is -0.368 e. The van der Waals surface area contributed by atoms with E-state index in [1.54, 1.807) is 6.07 Å². The predicted octanol–water partition coefficient (Wildman–Crippen LogP) is 3.12. The number of halogens is 1. The fourth-order valence-electron chi connectivity index (χ4n) is 5.07. The minimum atomic E-state index is -0.108. The molecule has 8 nitrogen and oxygen atoms in total. The van der Waals surface area contributed by atoms with Crippen LogP contribution in [-0.4, -0.2) is 66.5 Å². The van der Waals surface area contributed by atoms with Crippen molar-refractivity contribution >= 4 is 40.6 Å². The van der Waals surface area contributed by atoms with Gasteiger partial charge in [0.1, 0.15) is 6.04 Å². The number of rotatable bonds is 5. The Labute approximate surface area is 205 Å². The van der Waals surface area contributed by atoms with Crippen molar-refractivity contribution in [3.63, 3.8) is 0 Å². The first kappa shape index (κ1) is 22.9. The summed E-state index contributed by atoms with van der Waals surface area (Å²) in [5, 5.41) is 6.55. The molecule has 9 heteroatoms. The lowest BCUT2D eigenvalue weighted by Crippen LogP contribution is -2.46. The Morgan fingerprint density at radius 3 is 2.74 bits per heavy atom. The standard InChI is InChI=1S/C25H31ClN6O2/c1-16(2)28-24(33)18-5-6-21(19(26)13-18)31-10-8-30(9-11-31)15-17-12-20-23(27-14-17)32-7-3-4-22(32)25(34)29-20/h5-6,12-14,16,22H,3-4,7-11,15H2,1-2H3,(H,28,33)(H,29,34)/t22-/m0/s1. The number of hydrogen-bond donors (Lipinski definition) is 2. The lowest BCUT2D eigenvalue weighted by molar-refractivity contribution is -0.117. The summed E-state index contributed by atoms with van der Waals surface area (Å²) in [6.07, 6.45) is 3.87. The number of fused-ring (bicyclic) bond motifs is 3. The Morgan fingerprint density at radius 2 is 2.00 bits per heavy atom. The van der Waals surface area contributed by atoms with Crippen LogP contribution in [0.2, 0.25) is 5.02 Å². The zero-order chi connectivity index (χ0) is 23.8. The highest BCUT2D eigenvalue weighted by Crippen LogP contribution is 2.35. The van der Waals surface area contributed by atoms with Gasteiger partial charge in [-0.05, 0) is 56.5 Å². The normalized spacial score (nSPS) is 20.2. The number of benzene rings is 1. The van der Waals surface area contributed by atoms with Crippen molar-refractivity contribution in [2.75, 3.05) is 47.8 Å². The Bertz CT molecular complexity index is 1100. The number of nitrogens with one attached hydrogen (secondary N) is 2. The second-order valence-electron chi connectivity index (χ2n) is 9.61. The van der Waals surface area contributed by atoms with Gasteiger partial charge in [0.25, 0.3) is 5.91 Å². The van der Waals surface area contributed by atoms with Gasteiger partial charge in [-0.3, -0.25) is 14.5 Å². The average Bonchev–Trinajstić information content (AvgIpc) is 3.30. The summed E-state index contributed by atoms with van der Waals surface area (Å²) in [4.78, 5) is 36.2. The predicted molar refractivity (Wildman–Crippen MR) is 135 cm³/mol. The van der Waals surface area contributed by atoms with E-state index in [4.69, 9.17) is 16.6 Å². The molecule has 1 aromatic heterocycles. The zero-order valence-electron chi connectivity index (χ0n) is 19.7. The Hall–Kier alpha value is -2.84. The van der Waals surface area contributed by atoms with Crippen LogP contribution in [0.15, 0.2) is 30.5 Å². The summed E-state index contributed by atoms with van der Waals surface area (Å²) in [6.45, 7) is 9.04. The third kappa shape index (κ3) is 4.57. The molecule has 2 aromatic rings. The monoisotopic (exact) mass is 482 g/mol. The largest absolute Gasteiger partial charge is 0.368 e. The average molecular weight is 483 g/mol. The molecule has 3 aliphatic rings. The molecular formula is C25H31ClN6O2. The molecule has 0 unspecified atom stereocenters. The molecular weight excluding hydrogens is 452 g/mol. The number of carbonyl (C=O) groups excluding carboxylic acids is 2. The number of nitrogens with zero attached hydrogens (tertiary/aromatic N) is 4. The van der Waals surface area contributed by atoms with Gasteiger partial charge < -0.3 is 20.4 Å². The molecule has 2 N–H and O–H groups in total. The van der Waals surface area contributed by atoms with Gasteiger partial charge in [-0.15, -0.1) is 0 Å².